The van der Waals surface area contributed by atoms with E-state index < -0.39 is 5.97 Å². The van der Waals surface area contributed by atoms with E-state index in [0.717, 1.165) is 15.7 Å². The van der Waals surface area contributed by atoms with Crippen LogP contribution in [0.1, 0.15) is 15.9 Å². The molecule has 0 fully saturated rings. The van der Waals surface area contributed by atoms with Crippen LogP contribution in [0.15, 0.2) is 34.8 Å². The van der Waals surface area contributed by atoms with Crippen LogP contribution in [-0.2, 0) is 0 Å². The van der Waals surface area contributed by atoms with E-state index in [0.29, 0.717) is 0 Å². The van der Waals surface area contributed by atoms with Gasteiger partial charge in [0.2, 0.25) is 0 Å². The Balaban J connectivity index is 2.39. The molecule has 0 saturated heterocycles. The lowest BCUT2D eigenvalue weighted by atomic mass is 10.2. The predicted octanol–water partition coefficient (Wildman–Crippen LogP) is 4.25. The summed E-state index contributed by atoms with van der Waals surface area (Å²) < 4.78 is 0.927. The molecule has 2 aromatic rings. The third-order valence-electron chi connectivity index (χ3n) is 2.53. The van der Waals surface area contributed by atoms with E-state index in [1.54, 1.807) is 0 Å². The lowest BCUT2D eigenvalue weighted by Gasteiger charge is -2.10. The van der Waals surface area contributed by atoms with Gasteiger partial charge in [-0.1, -0.05) is 33.6 Å². The number of carbonyl (C=O) groups is 1. The zero-order valence-electron chi connectivity index (χ0n) is 9.95. The number of rotatable bonds is 3. The number of hydrogen-bond acceptors (Lipinski definition) is 3. The van der Waals surface area contributed by atoms with Gasteiger partial charge in [0.1, 0.15) is 16.5 Å². The number of anilines is 2. The Kier molecular flexibility index (Phi) is 4.07. The number of nitrogens with zero attached hydrogens (tertiary/aromatic N) is 1. The Morgan fingerprint density at radius 1 is 1.37 bits per heavy atom. The predicted molar refractivity (Wildman–Crippen MR) is 78.4 cm³/mol. The van der Waals surface area contributed by atoms with Crippen LogP contribution < -0.4 is 5.32 Å². The number of benzene rings is 1. The smallest absolute Gasteiger partial charge is 0.339 e. The maximum atomic E-state index is 11.1. The summed E-state index contributed by atoms with van der Waals surface area (Å²) >= 11 is 9.21. The minimum Gasteiger partial charge on any atom is -0.478 e. The molecule has 0 spiro atoms. The number of aryl methyl sites for hydroxylation is 1. The van der Waals surface area contributed by atoms with Gasteiger partial charge in [-0.15, -0.1) is 0 Å². The summed E-state index contributed by atoms with van der Waals surface area (Å²) in [6, 6.07) is 8.47. The molecule has 4 nitrogen and oxygen atoms in total. The van der Waals surface area contributed by atoms with Crippen molar-refractivity contribution in [1.29, 1.82) is 0 Å². The Bertz CT molecular complexity index is 647. The fourth-order valence-corrected chi connectivity index (χ4v) is 2.04. The first-order valence-electron chi connectivity index (χ1n) is 5.40. The van der Waals surface area contributed by atoms with Crippen LogP contribution in [0.3, 0.4) is 0 Å². The van der Waals surface area contributed by atoms with Crippen LogP contribution in [-0.4, -0.2) is 16.1 Å². The van der Waals surface area contributed by atoms with Crippen LogP contribution in [0.4, 0.5) is 11.5 Å². The average molecular weight is 342 g/mol. The maximum absolute atomic E-state index is 11.1. The Morgan fingerprint density at radius 2 is 2.11 bits per heavy atom. The summed E-state index contributed by atoms with van der Waals surface area (Å²) in [6.45, 7) is 1.97. The molecule has 0 aliphatic rings. The molecule has 1 heterocycles. The Morgan fingerprint density at radius 3 is 2.74 bits per heavy atom. The highest BCUT2D eigenvalue weighted by Crippen LogP contribution is 2.25. The minimum atomic E-state index is -1.06. The third kappa shape index (κ3) is 3.24. The molecule has 2 N–H and O–H groups in total. The molecule has 0 atom stereocenters. The molecule has 0 aliphatic heterocycles. The first-order chi connectivity index (χ1) is 8.97. The third-order valence-corrected chi connectivity index (χ3v) is 3.59. The second kappa shape index (κ2) is 5.59. The summed E-state index contributed by atoms with van der Waals surface area (Å²) in [5.74, 6) is -0.839. The first-order valence-corrected chi connectivity index (χ1v) is 6.57. The van der Waals surface area contributed by atoms with E-state index in [4.69, 9.17) is 16.7 Å². The van der Waals surface area contributed by atoms with Gasteiger partial charge in [-0.05, 0) is 36.8 Å². The van der Waals surface area contributed by atoms with E-state index in [1.807, 2.05) is 25.1 Å². The molecule has 6 heteroatoms. The summed E-state index contributed by atoms with van der Waals surface area (Å²) in [7, 11) is 0. The van der Waals surface area contributed by atoms with Gasteiger partial charge in [0.15, 0.2) is 0 Å². The monoisotopic (exact) mass is 340 g/mol. The zero-order chi connectivity index (χ0) is 14.0. The molecule has 0 unspecified atom stereocenters. The van der Waals surface area contributed by atoms with E-state index in [-0.39, 0.29) is 16.5 Å². The van der Waals surface area contributed by atoms with Crippen LogP contribution in [0.5, 0.6) is 0 Å². The van der Waals surface area contributed by atoms with Gasteiger partial charge in [-0.2, -0.15) is 0 Å². The fraction of sp³-hybridized carbons (Fsp3) is 0.0769. The number of aromatic carboxylic acids is 1. The van der Waals surface area contributed by atoms with Crippen LogP contribution in [0, 0.1) is 6.92 Å². The molecule has 1 aromatic heterocycles. The van der Waals surface area contributed by atoms with Crippen LogP contribution in [0.2, 0.25) is 5.15 Å². The van der Waals surface area contributed by atoms with E-state index in [2.05, 4.69) is 26.2 Å². The highest BCUT2D eigenvalue weighted by Gasteiger charge is 2.12. The fourth-order valence-electron chi connectivity index (χ4n) is 1.51. The average Bonchev–Trinajstić information content (AvgIpc) is 2.33. The molecule has 19 heavy (non-hydrogen) atoms. The molecule has 2 rings (SSSR count). The van der Waals surface area contributed by atoms with E-state index in [1.165, 1.54) is 12.1 Å². The number of aromatic nitrogens is 1. The van der Waals surface area contributed by atoms with Crippen molar-refractivity contribution in [2.24, 2.45) is 0 Å². The zero-order valence-corrected chi connectivity index (χ0v) is 12.3. The van der Waals surface area contributed by atoms with Crippen molar-refractivity contribution in [3.63, 3.8) is 0 Å². The second-order valence-electron chi connectivity index (χ2n) is 3.92. The van der Waals surface area contributed by atoms with E-state index in [9.17, 15) is 4.79 Å². The lowest BCUT2D eigenvalue weighted by Crippen LogP contribution is -2.05. The number of halogens is 2. The van der Waals surface area contributed by atoms with Crippen molar-refractivity contribution in [2.45, 2.75) is 6.92 Å². The van der Waals surface area contributed by atoms with Crippen molar-refractivity contribution in [1.82, 2.24) is 4.98 Å². The van der Waals surface area contributed by atoms with Crippen molar-refractivity contribution in [3.8, 4) is 0 Å². The molecule has 0 radical (unpaired) electrons. The van der Waals surface area contributed by atoms with Crippen molar-refractivity contribution in [2.75, 3.05) is 5.32 Å². The van der Waals surface area contributed by atoms with Crippen molar-refractivity contribution in [3.05, 3.63) is 51.1 Å². The molecule has 0 amide bonds. The highest BCUT2D eigenvalue weighted by molar-refractivity contribution is 9.10. The number of pyridine rings is 1. The molecule has 98 valence electrons. The standard InChI is InChI=1S/C13H10BrClN2O2/c1-7-2-3-8(6-10(7)14)16-12-9(13(18)19)4-5-11(15)17-12/h2-6H,1H3,(H,16,17)(H,18,19). The van der Waals surface area contributed by atoms with E-state index >= 15 is 0 Å². The van der Waals surface area contributed by atoms with Gasteiger partial charge < -0.3 is 10.4 Å². The normalized spacial score (nSPS) is 10.3. The van der Waals surface area contributed by atoms with Gasteiger partial charge in [-0.25, -0.2) is 9.78 Å². The number of nitrogens with one attached hydrogen (secondary N) is 1. The largest absolute Gasteiger partial charge is 0.478 e. The number of hydrogen-bond donors (Lipinski definition) is 2. The maximum Gasteiger partial charge on any atom is 0.339 e. The molecule has 0 aliphatic carbocycles. The van der Waals surface area contributed by atoms with Crippen LogP contribution in [0.25, 0.3) is 0 Å². The van der Waals surface area contributed by atoms with Crippen molar-refractivity contribution < 1.29 is 9.90 Å². The Labute approximate surface area is 123 Å². The molecule has 1 aromatic carbocycles. The summed E-state index contributed by atoms with van der Waals surface area (Å²) in [6.07, 6.45) is 0. The summed E-state index contributed by atoms with van der Waals surface area (Å²) in [5.41, 5.74) is 1.89. The second-order valence-corrected chi connectivity index (χ2v) is 5.17. The topological polar surface area (TPSA) is 62.2 Å². The molecular formula is C13H10BrClN2O2. The Hall–Kier alpha value is -1.59. The summed E-state index contributed by atoms with van der Waals surface area (Å²) in [5, 5.41) is 12.3. The van der Waals surface area contributed by atoms with Gasteiger partial charge in [-0.3, -0.25) is 0 Å². The van der Waals surface area contributed by atoms with Gasteiger partial charge in [0.25, 0.3) is 0 Å². The minimum absolute atomic E-state index is 0.0705. The van der Waals surface area contributed by atoms with Gasteiger partial charge in [0, 0.05) is 10.2 Å². The molecular weight excluding hydrogens is 332 g/mol. The summed E-state index contributed by atoms with van der Waals surface area (Å²) in [4.78, 5) is 15.1. The van der Waals surface area contributed by atoms with Crippen molar-refractivity contribution >= 4 is 45.0 Å². The van der Waals surface area contributed by atoms with Crippen LogP contribution >= 0.6 is 27.5 Å². The molecule has 0 saturated carbocycles. The quantitative estimate of drug-likeness (QED) is 0.819. The van der Waals surface area contributed by atoms with Gasteiger partial charge >= 0.3 is 5.97 Å². The van der Waals surface area contributed by atoms with Gasteiger partial charge in [0.05, 0.1) is 0 Å². The number of carboxylic acids is 1. The highest BCUT2D eigenvalue weighted by atomic mass is 79.9. The molecule has 0 bridgehead atoms. The lowest BCUT2D eigenvalue weighted by molar-refractivity contribution is 0.0697. The first kappa shape index (κ1) is 13.8. The number of carboxylic acid groups (broad SMARTS) is 1. The SMILES string of the molecule is Cc1ccc(Nc2nc(Cl)ccc2C(=O)O)cc1Br.